The fraction of sp³-hybridized carbons (Fsp3) is 0.769. The summed E-state index contributed by atoms with van der Waals surface area (Å²) in [6, 6.07) is 0.512. The van der Waals surface area contributed by atoms with E-state index in [4.69, 9.17) is 4.74 Å². The second-order valence-corrected chi connectivity index (χ2v) is 6.13. The standard InChI is InChI=1S/C13H23N3OS/c1-10(2)14-6-13-15-12(9-18-13)8-16-4-5-17-11(3)7-16/h9-11,14H,4-8H2,1-3H3. The lowest BCUT2D eigenvalue weighted by molar-refractivity contribution is -0.0215. The molecule has 1 atom stereocenters. The summed E-state index contributed by atoms with van der Waals surface area (Å²) in [7, 11) is 0. The van der Waals surface area contributed by atoms with E-state index < -0.39 is 0 Å². The molecule has 0 saturated carbocycles. The van der Waals surface area contributed by atoms with Crippen LogP contribution in [0.5, 0.6) is 0 Å². The Bertz CT molecular complexity index is 367. The molecule has 1 aromatic rings. The molecule has 1 aliphatic heterocycles. The van der Waals surface area contributed by atoms with E-state index >= 15 is 0 Å². The van der Waals surface area contributed by atoms with Crippen LogP contribution in [0.4, 0.5) is 0 Å². The summed E-state index contributed by atoms with van der Waals surface area (Å²) in [6.45, 7) is 11.1. The fourth-order valence-electron chi connectivity index (χ4n) is 2.06. The molecule has 0 aliphatic carbocycles. The first-order chi connectivity index (χ1) is 8.63. The molecule has 1 unspecified atom stereocenters. The monoisotopic (exact) mass is 269 g/mol. The number of thiazole rings is 1. The van der Waals surface area contributed by atoms with Crippen LogP contribution < -0.4 is 5.32 Å². The average Bonchev–Trinajstić information content (AvgIpc) is 2.74. The second-order valence-electron chi connectivity index (χ2n) is 5.18. The van der Waals surface area contributed by atoms with Gasteiger partial charge >= 0.3 is 0 Å². The number of hydrogen-bond acceptors (Lipinski definition) is 5. The maximum absolute atomic E-state index is 5.55. The van der Waals surface area contributed by atoms with Gasteiger partial charge in [-0.3, -0.25) is 4.90 Å². The highest BCUT2D eigenvalue weighted by Gasteiger charge is 2.17. The minimum Gasteiger partial charge on any atom is -0.376 e. The first kappa shape index (κ1) is 13.9. The van der Waals surface area contributed by atoms with Crippen molar-refractivity contribution in [3.63, 3.8) is 0 Å². The molecule has 5 heteroatoms. The maximum atomic E-state index is 5.55. The quantitative estimate of drug-likeness (QED) is 0.885. The molecule has 102 valence electrons. The van der Waals surface area contributed by atoms with Gasteiger partial charge in [0.2, 0.25) is 0 Å². The van der Waals surface area contributed by atoms with Crippen LogP contribution in [0.25, 0.3) is 0 Å². The van der Waals surface area contributed by atoms with Gasteiger partial charge in [-0.25, -0.2) is 4.98 Å². The lowest BCUT2D eigenvalue weighted by Gasteiger charge is -2.30. The molecule has 1 fully saturated rings. The predicted octanol–water partition coefficient (Wildman–Crippen LogP) is 1.86. The Balaban J connectivity index is 1.82. The Morgan fingerprint density at radius 3 is 3.17 bits per heavy atom. The third kappa shape index (κ3) is 4.31. The highest BCUT2D eigenvalue weighted by Crippen LogP contribution is 2.14. The van der Waals surface area contributed by atoms with E-state index in [1.165, 1.54) is 10.7 Å². The van der Waals surface area contributed by atoms with Gasteiger partial charge in [-0.05, 0) is 6.92 Å². The lowest BCUT2D eigenvalue weighted by atomic mass is 10.3. The first-order valence-electron chi connectivity index (χ1n) is 6.64. The molecule has 0 radical (unpaired) electrons. The zero-order chi connectivity index (χ0) is 13.0. The number of nitrogens with zero attached hydrogens (tertiary/aromatic N) is 2. The van der Waals surface area contributed by atoms with Gasteiger partial charge < -0.3 is 10.1 Å². The number of nitrogens with one attached hydrogen (secondary N) is 1. The van der Waals surface area contributed by atoms with E-state index in [2.05, 4.69) is 41.4 Å². The molecule has 0 aromatic carbocycles. The van der Waals surface area contributed by atoms with Crippen LogP contribution >= 0.6 is 11.3 Å². The average molecular weight is 269 g/mol. The van der Waals surface area contributed by atoms with Crippen LogP contribution in [0.2, 0.25) is 0 Å². The lowest BCUT2D eigenvalue weighted by Crippen LogP contribution is -2.40. The summed E-state index contributed by atoms with van der Waals surface area (Å²) in [5.41, 5.74) is 1.19. The Labute approximate surface area is 113 Å². The van der Waals surface area contributed by atoms with Gasteiger partial charge in [0.15, 0.2) is 0 Å². The third-order valence-electron chi connectivity index (χ3n) is 2.97. The van der Waals surface area contributed by atoms with E-state index in [1.807, 2.05) is 0 Å². The molecule has 0 amide bonds. The second kappa shape index (κ2) is 6.61. The highest BCUT2D eigenvalue weighted by atomic mass is 32.1. The summed E-state index contributed by atoms with van der Waals surface area (Å²) < 4.78 is 5.55. The maximum Gasteiger partial charge on any atom is 0.107 e. The smallest absolute Gasteiger partial charge is 0.107 e. The number of rotatable bonds is 5. The van der Waals surface area contributed by atoms with Crippen LogP contribution in [0.3, 0.4) is 0 Å². The van der Waals surface area contributed by atoms with Crippen molar-refractivity contribution in [1.82, 2.24) is 15.2 Å². The van der Waals surface area contributed by atoms with Gasteiger partial charge in [0.05, 0.1) is 18.4 Å². The van der Waals surface area contributed by atoms with E-state index in [-0.39, 0.29) is 0 Å². The Morgan fingerprint density at radius 1 is 1.61 bits per heavy atom. The molecular formula is C13H23N3OS. The van der Waals surface area contributed by atoms with E-state index in [0.717, 1.165) is 32.8 Å². The molecule has 4 nitrogen and oxygen atoms in total. The van der Waals surface area contributed by atoms with Gasteiger partial charge in [0.1, 0.15) is 5.01 Å². The van der Waals surface area contributed by atoms with Gasteiger partial charge in [-0.2, -0.15) is 0 Å². The van der Waals surface area contributed by atoms with Crippen molar-refractivity contribution in [3.05, 3.63) is 16.1 Å². The van der Waals surface area contributed by atoms with E-state index in [0.29, 0.717) is 12.1 Å². The minimum absolute atomic E-state index is 0.347. The molecule has 2 heterocycles. The first-order valence-corrected chi connectivity index (χ1v) is 7.52. The fourth-order valence-corrected chi connectivity index (χ4v) is 2.79. The van der Waals surface area contributed by atoms with Crippen LogP contribution in [-0.4, -0.2) is 41.7 Å². The SMILES string of the molecule is CC(C)NCc1nc(CN2CCOC(C)C2)cs1. The highest BCUT2D eigenvalue weighted by molar-refractivity contribution is 7.09. The minimum atomic E-state index is 0.347. The molecule has 0 spiro atoms. The van der Waals surface area contributed by atoms with Gasteiger partial charge in [0, 0.05) is 37.6 Å². The van der Waals surface area contributed by atoms with Crippen LogP contribution in [0.1, 0.15) is 31.5 Å². The van der Waals surface area contributed by atoms with E-state index in [1.54, 1.807) is 11.3 Å². The van der Waals surface area contributed by atoms with Gasteiger partial charge in [-0.1, -0.05) is 13.8 Å². The van der Waals surface area contributed by atoms with E-state index in [9.17, 15) is 0 Å². The van der Waals surface area contributed by atoms with Crippen LogP contribution in [-0.2, 0) is 17.8 Å². The molecular weight excluding hydrogens is 246 g/mol. The number of morpholine rings is 1. The molecule has 0 bridgehead atoms. The van der Waals surface area contributed by atoms with Crippen molar-refractivity contribution >= 4 is 11.3 Å². The Kier molecular flexibility index (Phi) is 5.12. The van der Waals surface area contributed by atoms with Gasteiger partial charge in [-0.15, -0.1) is 11.3 Å². The van der Waals surface area contributed by atoms with Crippen molar-refractivity contribution in [2.75, 3.05) is 19.7 Å². The Morgan fingerprint density at radius 2 is 2.44 bits per heavy atom. The van der Waals surface area contributed by atoms with Crippen molar-refractivity contribution in [2.24, 2.45) is 0 Å². The molecule has 18 heavy (non-hydrogen) atoms. The van der Waals surface area contributed by atoms with Crippen molar-refractivity contribution in [2.45, 2.75) is 46.0 Å². The van der Waals surface area contributed by atoms with Gasteiger partial charge in [0.25, 0.3) is 0 Å². The number of hydrogen-bond donors (Lipinski definition) is 1. The normalized spacial score (nSPS) is 21.7. The molecule has 1 aliphatic rings. The summed E-state index contributed by atoms with van der Waals surface area (Å²) in [6.07, 6.45) is 0.347. The number of aromatic nitrogens is 1. The van der Waals surface area contributed by atoms with Crippen molar-refractivity contribution < 1.29 is 4.74 Å². The topological polar surface area (TPSA) is 37.4 Å². The Hall–Kier alpha value is -0.490. The molecule has 1 N–H and O–H groups in total. The number of ether oxygens (including phenoxy) is 1. The summed E-state index contributed by atoms with van der Waals surface area (Å²) in [5.74, 6) is 0. The van der Waals surface area contributed by atoms with Crippen LogP contribution in [0, 0.1) is 0 Å². The zero-order valence-electron chi connectivity index (χ0n) is 11.5. The molecule has 1 aromatic heterocycles. The summed E-state index contributed by atoms with van der Waals surface area (Å²) >= 11 is 1.75. The molecule has 2 rings (SSSR count). The van der Waals surface area contributed by atoms with Crippen molar-refractivity contribution in [1.29, 1.82) is 0 Å². The van der Waals surface area contributed by atoms with Crippen LogP contribution in [0.15, 0.2) is 5.38 Å². The van der Waals surface area contributed by atoms with Crippen molar-refractivity contribution in [3.8, 4) is 0 Å². The predicted molar refractivity (Wildman–Crippen MR) is 74.8 cm³/mol. The zero-order valence-corrected chi connectivity index (χ0v) is 12.3. The third-order valence-corrected chi connectivity index (χ3v) is 3.87. The largest absolute Gasteiger partial charge is 0.376 e. The summed E-state index contributed by atoms with van der Waals surface area (Å²) in [5, 5.41) is 6.76. The summed E-state index contributed by atoms with van der Waals surface area (Å²) in [4.78, 5) is 7.09. The molecule has 1 saturated heterocycles.